The van der Waals surface area contributed by atoms with E-state index in [9.17, 15) is 5.11 Å². The molecule has 3 heteroatoms. The topological polar surface area (TPSA) is 38.7 Å². The van der Waals surface area contributed by atoms with Crippen LogP contribution in [-0.2, 0) is 11.3 Å². The van der Waals surface area contributed by atoms with Crippen LogP contribution in [0.3, 0.4) is 0 Å². The van der Waals surface area contributed by atoms with E-state index in [1.165, 1.54) is 23.1 Å². The number of rotatable bonds is 4. The minimum absolute atomic E-state index is 0.214. The van der Waals surface area contributed by atoms with Gasteiger partial charge in [0.15, 0.2) is 0 Å². The van der Waals surface area contributed by atoms with Gasteiger partial charge in [0, 0.05) is 5.92 Å². The lowest BCUT2D eigenvalue weighted by atomic mass is 9.68. The monoisotopic (exact) mass is 316 g/mol. The average Bonchev–Trinajstić information content (AvgIpc) is 2.55. The van der Waals surface area contributed by atoms with Gasteiger partial charge in [-0.15, -0.1) is 0 Å². The van der Waals surface area contributed by atoms with Crippen molar-refractivity contribution in [3.05, 3.63) is 41.0 Å². The summed E-state index contributed by atoms with van der Waals surface area (Å²) in [6.45, 7) is 5.02. The first-order valence-corrected chi connectivity index (χ1v) is 8.72. The lowest BCUT2D eigenvalue weighted by Crippen LogP contribution is -2.43. The number of benzene rings is 1. The lowest BCUT2D eigenvalue weighted by molar-refractivity contribution is -0.0610. The van der Waals surface area contributed by atoms with Crippen LogP contribution in [0.2, 0.25) is 0 Å². The van der Waals surface area contributed by atoms with Crippen molar-refractivity contribution in [1.29, 1.82) is 0 Å². The van der Waals surface area contributed by atoms with Crippen LogP contribution in [0.5, 0.6) is 5.75 Å². The summed E-state index contributed by atoms with van der Waals surface area (Å²) >= 11 is 0. The summed E-state index contributed by atoms with van der Waals surface area (Å²) in [4.78, 5) is 0. The fourth-order valence-corrected chi connectivity index (χ4v) is 4.28. The standard InChI is InChI=1S/C20H28O3/c1-13-5-4-6-17-19(13)18(21)11-14(2)20(17)23-12-15-7-9-16(22-3)10-8-15/h7-10,14,17-18,20-21H,4-6,11-12H2,1-3H3/t14-,17-,18-,20-/m0/s1. The van der Waals surface area contributed by atoms with Crippen LogP contribution < -0.4 is 4.74 Å². The molecule has 1 N–H and O–H groups in total. The van der Waals surface area contributed by atoms with Gasteiger partial charge in [-0.2, -0.15) is 0 Å². The van der Waals surface area contributed by atoms with Crippen molar-refractivity contribution in [1.82, 2.24) is 0 Å². The van der Waals surface area contributed by atoms with Crippen molar-refractivity contribution < 1.29 is 14.6 Å². The van der Waals surface area contributed by atoms with E-state index in [0.29, 0.717) is 18.4 Å². The minimum Gasteiger partial charge on any atom is -0.497 e. The Labute approximate surface area is 139 Å². The molecule has 4 atom stereocenters. The maximum Gasteiger partial charge on any atom is 0.118 e. The molecule has 3 rings (SSSR count). The third-order valence-corrected chi connectivity index (χ3v) is 5.47. The molecule has 0 bridgehead atoms. The Balaban J connectivity index is 1.71. The second-order valence-electron chi connectivity index (χ2n) is 7.09. The molecule has 1 saturated carbocycles. The molecule has 0 spiro atoms. The van der Waals surface area contributed by atoms with Crippen molar-refractivity contribution in [2.75, 3.05) is 7.11 Å². The molecular weight excluding hydrogens is 288 g/mol. The number of ether oxygens (including phenoxy) is 2. The molecule has 0 heterocycles. The van der Waals surface area contributed by atoms with Crippen molar-refractivity contribution in [3.63, 3.8) is 0 Å². The van der Waals surface area contributed by atoms with Crippen molar-refractivity contribution in [2.24, 2.45) is 11.8 Å². The molecular formula is C20H28O3. The van der Waals surface area contributed by atoms with E-state index >= 15 is 0 Å². The molecule has 2 aliphatic carbocycles. The second-order valence-corrected chi connectivity index (χ2v) is 7.09. The summed E-state index contributed by atoms with van der Waals surface area (Å²) in [6.07, 6.45) is 4.24. The number of fused-ring (bicyclic) bond motifs is 1. The maximum absolute atomic E-state index is 10.5. The van der Waals surface area contributed by atoms with Crippen molar-refractivity contribution in [2.45, 2.75) is 58.3 Å². The van der Waals surface area contributed by atoms with Crippen LogP contribution in [0.25, 0.3) is 0 Å². The van der Waals surface area contributed by atoms with Crippen LogP contribution >= 0.6 is 0 Å². The molecule has 0 amide bonds. The molecule has 126 valence electrons. The smallest absolute Gasteiger partial charge is 0.118 e. The van der Waals surface area contributed by atoms with E-state index in [1.54, 1.807) is 7.11 Å². The van der Waals surface area contributed by atoms with Gasteiger partial charge in [-0.3, -0.25) is 0 Å². The van der Waals surface area contributed by atoms with E-state index in [0.717, 1.165) is 25.0 Å². The summed E-state index contributed by atoms with van der Waals surface area (Å²) in [5.74, 6) is 1.65. The maximum atomic E-state index is 10.5. The molecule has 0 saturated heterocycles. The highest BCUT2D eigenvalue weighted by Crippen LogP contribution is 2.44. The van der Waals surface area contributed by atoms with E-state index < -0.39 is 0 Å². The van der Waals surface area contributed by atoms with Gasteiger partial charge < -0.3 is 14.6 Å². The summed E-state index contributed by atoms with van der Waals surface area (Å²) < 4.78 is 11.5. The largest absolute Gasteiger partial charge is 0.497 e. The second kappa shape index (κ2) is 7.06. The first-order chi connectivity index (χ1) is 11.1. The van der Waals surface area contributed by atoms with E-state index in [-0.39, 0.29) is 12.2 Å². The Morgan fingerprint density at radius 1 is 1.22 bits per heavy atom. The van der Waals surface area contributed by atoms with Crippen molar-refractivity contribution in [3.8, 4) is 5.75 Å². The molecule has 23 heavy (non-hydrogen) atoms. The van der Waals surface area contributed by atoms with Crippen LogP contribution in [0.1, 0.15) is 45.1 Å². The van der Waals surface area contributed by atoms with E-state index in [2.05, 4.69) is 26.0 Å². The Hall–Kier alpha value is -1.32. The molecule has 0 aliphatic heterocycles. The summed E-state index contributed by atoms with van der Waals surface area (Å²) in [5, 5.41) is 10.5. The molecule has 0 aromatic heterocycles. The first kappa shape index (κ1) is 16.5. The fraction of sp³-hybridized carbons (Fsp3) is 0.600. The predicted octanol–water partition coefficient (Wildman–Crippen LogP) is 4.10. The molecule has 1 aromatic carbocycles. The average molecular weight is 316 g/mol. The van der Waals surface area contributed by atoms with Gasteiger partial charge in [-0.05, 0) is 61.8 Å². The highest BCUT2D eigenvalue weighted by atomic mass is 16.5. The third kappa shape index (κ3) is 3.46. The fourth-order valence-electron chi connectivity index (χ4n) is 4.28. The minimum atomic E-state index is -0.267. The zero-order valence-corrected chi connectivity index (χ0v) is 14.4. The Bertz CT molecular complexity index is 561. The van der Waals surface area contributed by atoms with Crippen LogP contribution in [0.4, 0.5) is 0 Å². The summed E-state index contributed by atoms with van der Waals surface area (Å²) in [5.41, 5.74) is 3.83. The quantitative estimate of drug-likeness (QED) is 0.850. The van der Waals surface area contributed by atoms with Gasteiger partial charge >= 0.3 is 0 Å². The van der Waals surface area contributed by atoms with Gasteiger partial charge in [0.1, 0.15) is 5.75 Å². The SMILES string of the molecule is COc1ccc(CO[C@H]2[C@@H](C)C[C@H](O)C3=C(C)CCC[C@@H]32)cc1. The third-order valence-electron chi connectivity index (χ3n) is 5.47. The van der Waals surface area contributed by atoms with Crippen LogP contribution in [0, 0.1) is 11.8 Å². The number of aliphatic hydroxyl groups is 1. The molecule has 0 unspecified atom stereocenters. The van der Waals surface area contributed by atoms with Gasteiger partial charge in [0.2, 0.25) is 0 Å². The summed E-state index contributed by atoms with van der Waals surface area (Å²) in [7, 11) is 1.68. The number of hydrogen-bond acceptors (Lipinski definition) is 3. The molecule has 2 aliphatic rings. The molecule has 3 nitrogen and oxygen atoms in total. The number of allylic oxidation sites excluding steroid dienone is 1. The van der Waals surface area contributed by atoms with Crippen LogP contribution in [-0.4, -0.2) is 24.4 Å². The number of methoxy groups -OCH3 is 1. The van der Waals surface area contributed by atoms with Gasteiger partial charge in [-0.25, -0.2) is 0 Å². The highest BCUT2D eigenvalue weighted by molar-refractivity contribution is 5.28. The predicted molar refractivity (Wildman–Crippen MR) is 91.4 cm³/mol. The molecule has 0 radical (unpaired) electrons. The Kier molecular flexibility index (Phi) is 5.08. The number of aliphatic hydroxyl groups excluding tert-OH is 1. The van der Waals surface area contributed by atoms with Gasteiger partial charge in [-0.1, -0.05) is 24.6 Å². The zero-order chi connectivity index (χ0) is 16.4. The zero-order valence-electron chi connectivity index (χ0n) is 14.4. The van der Waals surface area contributed by atoms with Crippen molar-refractivity contribution >= 4 is 0 Å². The van der Waals surface area contributed by atoms with Crippen LogP contribution in [0.15, 0.2) is 35.4 Å². The van der Waals surface area contributed by atoms with E-state index in [4.69, 9.17) is 9.47 Å². The Morgan fingerprint density at radius 3 is 2.65 bits per heavy atom. The Morgan fingerprint density at radius 2 is 1.96 bits per heavy atom. The molecule has 1 fully saturated rings. The number of hydrogen-bond donors (Lipinski definition) is 1. The van der Waals surface area contributed by atoms with Gasteiger partial charge in [0.05, 0.1) is 25.9 Å². The van der Waals surface area contributed by atoms with E-state index in [1.807, 2.05) is 12.1 Å². The summed E-state index contributed by atoms with van der Waals surface area (Å²) in [6, 6.07) is 8.07. The highest BCUT2D eigenvalue weighted by Gasteiger charge is 2.41. The lowest BCUT2D eigenvalue weighted by Gasteiger charge is -2.44. The first-order valence-electron chi connectivity index (χ1n) is 8.72. The molecule has 1 aromatic rings. The van der Waals surface area contributed by atoms with Gasteiger partial charge in [0.25, 0.3) is 0 Å². The normalized spacial score (nSPS) is 31.0.